The van der Waals surface area contributed by atoms with Crippen LogP contribution in [-0.4, -0.2) is 142 Å². The van der Waals surface area contributed by atoms with E-state index in [0.29, 0.717) is 38.2 Å². The Morgan fingerprint density at radius 3 is 1.17 bits per heavy atom. The second-order valence-corrected chi connectivity index (χ2v) is 23.6. The van der Waals surface area contributed by atoms with E-state index in [9.17, 15) is 33.6 Å². The standard InChI is InChI=1S/C44H53N7O7.C20H25BrN4O3/c1-26(2)37(48-43(55)57-5)41(53)50-23-7-9-35(50)39-45-25-34(47-39)32-17-15-30(16-18-32)28-11-13-29(14-12-28)31-19-21-33(22-20-31)46-40(52)36-10-8-24-51(36)42(54)38(27(3)4)49-44(56)58-6;1-12(2)17(24-20(27)28-3)19(26)25-10-4-5-16(25)18-22-11-15(23-18)13-6-8-14(21)9-7-13/h11-22,25-27,35-38H,7-10,23-24H2,1-6H3,(H,45,47)(H,46,52)(H,48,55)(H,49,56);6-9,11-12,16-17H,4-5,10H2,1-3H3,(H,22,23)(H,24,27)/t35-,36-,37-,38-;16-,17-/m00/s1. The van der Waals surface area contributed by atoms with Crippen LogP contribution in [0.2, 0.25) is 0 Å². The van der Waals surface area contributed by atoms with Crippen LogP contribution < -0.4 is 21.3 Å². The van der Waals surface area contributed by atoms with Crippen LogP contribution in [0.3, 0.4) is 0 Å². The summed E-state index contributed by atoms with van der Waals surface area (Å²) in [5.74, 6) is 0.331. The van der Waals surface area contributed by atoms with Crippen molar-refractivity contribution in [3.05, 3.63) is 126 Å². The van der Waals surface area contributed by atoms with E-state index in [0.717, 1.165) is 86.6 Å². The number of nitrogens with one attached hydrogen (secondary N) is 6. The molecule has 2 aromatic heterocycles. The van der Waals surface area contributed by atoms with E-state index in [2.05, 4.69) is 98.3 Å². The molecule has 86 heavy (non-hydrogen) atoms. The monoisotopic (exact) mass is 1240 g/mol. The van der Waals surface area contributed by atoms with E-state index < -0.39 is 42.4 Å². The molecule has 3 aliphatic heterocycles. The molecule has 0 aliphatic carbocycles. The molecule has 5 heterocycles. The lowest BCUT2D eigenvalue weighted by Gasteiger charge is -2.30. The second-order valence-electron chi connectivity index (χ2n) is 22.7. The quantitative estimate of drug-likeness (QED) is 0.0466. The SMILES string of the molecule is COC(=O)N[C@H](C(=O)N1CCC[C@H]1C(=O)Nc1ccc(-c2ccc(-c3ccc(-c4cnc([C@@H]5CCCN5C(=O)[C@@H](NC(=O)OC)C(C)C)[nH]4)cc3)cc2)cc1)C(C)C.COC(=O)N[C@H](C(=O)N1CCC[C@H]1c1ncc(-c2ccc(Br)cc2)[nH]1)C(C)C. The van der Waals surface area contributed by atoms with Gasteiger partial charge in [0.2, 0.25) is 23.6 Å². The zero-order valence-electron chi connectivity index (χ0n) is 50.1. The second kappa shape index (κ2) is 29.0. The maximum absolute atomic E-state index is 13.5. The number of alkyl carbamates (subject to hydrolysis) is 3. The van der Waals surface area contributed by atoms with Gasteiger partial charge in [-0.3, -0.25) is 19.2 Å². The largest absolute Gasteiger partial charge is 0.453 e. The molecule has 7 amide bonds. The molecule has 3 aliphatic rings. The number of amides is 7. The van der Waals surface area contributed by atoms with Crippen molar-refractivity contribution in [2.24, 2.45) is 17.8 Å². The minimum absolute atomic E-state index is 0.0530. The fraction of sp³-hybridized carbons (Fsp3) is 0.422. The minimum Gasteiger partial charge on any atom is -0.453 e. The smallest absolute Gasteiger partial charge is 0.407 e. The summed E-state index contributed by atoms with van der Waals surface area (Å²) in [5, 5.41) is 10.9. The number of imidazole rings is 2. The molecular weight excluding hydrogens is 1160 g/mol. The third-order valence-electron chi connectivity index (χ3n) is 16.0. The Balaban J connectivity index is 0.000000286. The lowest BCUT2D eigenvalue weighted by Crippen LogP contribution is -2.54. The van der Waals surface area contributed by atoms with Crippen LogP contribution in [0.1, 0.15) is 104 Å². The van der Waals surface area contributed by atoms with Crippen molar-refractivity contribution in [1.29, 1.82) is 0 Å². The molecule has 0 bridgehead atoms. The van der Waals surface area contributed by atoms with Gasteiger partial charge in [0, 0.05) is 29.8 Å². The van der Waals surface area contributed by atoms with Gasteiger partial charge in [0.15, 0.2) is 0 Å². The summed E-state index contributed by atoms with van der Waals surface area (Å²) in [6.45, 7) is 13.0. The number of hydrogen-bond acceptors (Lipinski definition) is 12. The van der Waals surface area contributed by atoms with Gasteiger partial charge in [-0.1, -0.05) is 130 Å². The van der Waals surface area contributed by atoms with Gasteiger partial charge in [-0.2, -0.15) is 0 Å². The van der Waals surface area contributed by atoms with Crippen molar-refractivity contribution >= 4 is 63.5 Å². The van der Waals surface area contributed by atoms with E-state index >= 15 is 0 Å². The number of H-pyrrole nitrogens is 2. The van der Waals surface area contributed by atoms with Crippen molar-refractivity contribution in [1.82, 2.24) is 50.6 Å². The zero-order chi connectivity index (χ0) is 61.8. The highest BCUT2D eigenvalue weighted by Crippen LogP contribution is 2.36. The van der Waals surface area contributed by atoms with E-state index in [1.807, 2.05) is 107 Å². The lowest BCUT2D eigenvalue weighted by molar-refractivity contribution is -0.139. The number of ether oxygens (including phenoxy) is 3. The highest BCUT2D eigenvalue weighted by Gasteiger charge is 2.41. The summed E-state index contributed by atoms with van der Waals surface area (Å²) in [4.78, 5) is 110. The van der Waals surface area contributed by atoms with Gasteiger partial charge in [-0.25, -0.2) is 24.4 Å². The number of nitrogens with zero attached hydrogens (tertiary/aromatic N) is 5. The third-order valence-corrected chi connectivity index (χ3v) is 16.5. The highest BCUT2D eigenvalue weighted by molar-refractivity contribution is 9.10. The Morgan fingerprint density at radius 1 is 0.477 bits per heavy atom. The normalized spacial score (nSPS) is 17.5. The predicted molar refractivity (Wildman–Crippen MR) is 330 cm³/mol. The molecule has 456 valence electrons. The first-order valence-electron chi connectivity index (χ1n) is 29.2. The molecule has 22 heteroatoms. The third kappa shape index (κ3) is 15.3. The molecule has 9 rings (SSSR count). The fourth-order valence-electron chi connectivity index (χ4n) is 11.2. The van der Waals surface area contributed by atoms with Crippen molar-refractivity contribution in [2.45, 2.75) is 116 Å². The predicted octanol–water partition coefficient (Wildman–Crippen LogP) is 10.6. The van der Waals surface area contributed by atoms with Crippen molar-refractivity contribution < 1.29 is 47.8 Å². The maximum Gasteiger partial charge on any atom is 0.407 e. The molecule has 6 atom stereocenters. The van der Waals surface area contributed by atoms with E-state index in [1.165, 1.54) is 21.3 Å². The van der Waals surface area contributed by atoms with Crippen LogP contribution in [0.4, 0.5) is 20.1 Å². The van der Waals surface area contributed by atoms with Crippen LogP contribution >= 0.6 is 15.9 Å². The Morgan fingerprint density at radius 2 is 0.802 bits per heavy atom. The van der Waals surface area contributed by atoms with Gasteiger partial charge in [-0.05, 0) is 114 Å². The Kier molecular flexibility index (Phi) is 21.4. The Hall–Kier alpha value is -8.53. The fourth-order valence-corrected chi connectivity index (χ4v) is 11.4. The average molecular weight is 1240 g/mol. The number of carbonyl (C=O) groups is 7. The van der Waals surface area contributed by atoms with Gasteiger partial charge >= 0.3 is 18.3 Å². The van der Waals surface area contributed by atoms with Gasteiger partial charge in [0.05, 0.1) is 57.2 Å². The van der Waals surface area contributed by atoms with Crippen molar-refractivity contribution in [3.63, 3.8) is 0 Å². The topological polar surface area (TPSA) is 262 Å². The molecule has 6 N–H and O–H groups in total. The van der Waals surface area contributed by atoms with Crippen molar-refractivity contribution in [2.75, 3.05) is 46.3 Å². The highest BCUT2D eigenvalue weighted by atomic mass is 79.9. The molecule has 0 spiro atoms. The lowest BCUT2D eigenvalue weighted by atomic mass is 9.99. The summed E-state index contributed by atoms with van der Waals surface area (Å²) >= 11 is 3.44. The number of rotatable bonds is 17. The molecule has 4 aromatic carbocycles. The summed E-state index contributed by atoms with van der Waals surface area (Å²) in [6.07, 6.45) is 6.27. The van der Waals surface area contributed by atoms with E-state index in [4.69, 9.17) is 9.47 Å². The van der Waals surface area contributed by atoms with Gasteiger partial charge in [-0.15, -0.1) is 0 Å². The molecule has 0 radical (unpaired) electrons. The molecule has 0 unspecified atom stereocenters. The van der Waals surface area contributed by atoms with Crippen LogP contribution in [0.15, 0.2) is 114 Å². The number of hydrogen-bond donors (Lipinski definition) is 6. The number of carbonyl (C=O) groups excluding carboxylic acids is 7. The molecule has 21 nitrogen and oxygen atoms in total. The molecule has 6 aromatic rings. The summed E-state index contributed by atoms with van der Waals surface area (Å²) in [7, 11) is 3.83. The summed E-state index contributed by atoms with van der Waals surface area (Å²) in [6, 6.07) is 29.0. The number of aromatic amines is 2. The van der Waals surface area contributed by atoms with Gasteiger partial charge in [0.25, 0.3) is 0 Å². The number of aromatic nitrogens is 4. The minimum atomic E-state index is -0.792. The Labute approximate surface area is 510 Å². The number of anilines is 1. The average Bonchev–Trinajstić information content (AvgIpc) is 3.39. The summed E-state index contributed by atoms with van der Waals surface area (Å²) in [5.41, 5.74) is 8.52. The van der Waals surface area contributed by atoms with E-state index in [1.54, 1.807) is 22.2 Å². The number of halogens is 1. The zero-order valence-corrected chi connectivity index (χ0v) is 51.7. The first-order chi connectivity index (χ1) is 41.3. The first kappa shape index (κ1) is 63.5. The number of methoxy groups -OCH3 is 3. The number of benzene rings is 4. The first-order valence-corrected chi connectivity index (χ1v) is 30.0. The molecular formula is C64H78BrN11O10. The Bertz CT molecular complexity index is 3310. The van der Waals surface area contributed by atoms with Crippen LogP contribution in [-0.2, 0) is 33.4 Å². The molecule has 0 saturated carbocycles. The van der Waals surface area contributed by atoms with Crippen molar-refractivity contribution in [3.8, 4) is 44.8 Å². The molecule has 3 saturated heterocycles. The van der Waals surface area contributed by atoms with Gasteiger partial charge < -0.3 is 60.1 Å². The van der Waals surface area contributed by atoms with E-state index in [-0.39, 0.29) is 53.5 Å². The molecule has 3 fully saturated rings. The van der Waals surface area contributed by atoms with Gasteiger partial charge in [0.1, 0.15) is 35.8 Å². The summed E-state index contributed by atoms with van der Waals surface area (Å²) < 4.78 is 15.1. The van der Waals surface area contributed by atoms with Crippen LogP contribution in [0.5, 0.6) is 0 Å². The number of likely N-dealkylation sites (tertiary alicyclic amines) is 3. The van der Waals surface area contributed by atoms with Crippen LogP contribution in [0, 0.1) is 17.8 Å². The maximum atomic E-state index is 13.5. The van der Waals surface area contributed by atoms with Crippen LogP contribution in [0.25, 0.3) is 44.8 Å².